The van der Waals surface area contributed by atoms with Crippen LogP contribution in [0.15, 0.2) is 16.7 Å². The van der Waals surface area contributed by atoms with E-state index in [-0.39, 0.29) is 11.7 Å². The van der Waals surface area contributed by atoms with Crippen molar-refractivity contribution in [3.8, 4) is 10.7 Å². The molecule has 0 radical (unpaired) electrons. The van der Waals surface area contributed by atoms with Crippen LogP contribution < -0.4 is 0 Å². The van der Waals surface area contributed by atoms with Crippen molar-refractivity contribution in [2.45, 2.75) is 32.7 Å². The summed E-state index contributed by atoms with van der Waals surface area (Å²) in [4.78, 5) is 18.3. The zero-order chi connectivity index (χ0) is 17.9. The van der Waals surface area contributed by atoms with Crippen LogP contribution in [-0.2, 0) is 22.3 Å². The number of hydrogen-bond donors (Lipinski definition) is 0. The molecule has 2 aromatic heterocycles. The van der Waals surface area contributed by atoms with E-state index in [1.54, 1.807) is 24.0 Å². The second-order valence-corrected chi connectivity index (χ2v) is 6.09. The van der Waals surface area contributed by atoms with Gasteiger partial charge in [0.1, 0.15) is 6.10 Å². The lowest BCUT2D eigenvalue weighted by molar-refractivity contribution is -0.159. The lowest BCUT2D eigenvalue weighted by Crippen LogP contribution is -2.37. The zero-order valence-corrected chi connectivity index (χ0v) is 14.1. The first-order valence-electron chi connectivity index (χ1n) is 7.07. The van der Waals surface area contributed by atoms with Crippen molar-refractivity contribution >= 4 is 17.2 Å². The third kappa shape index (κ3) is 4.12. The van der Waals surface area contributed by atoms with Crippen LogP contribution >= 0.6 is 11.3 Å². The number of ether oxygens (including phenoxy) is 1. The number of aromatic nitrogens is 2. The smallest absolute Gasteiger partial charge is 0.372 e. The van der Waals surface area contributed by atoms with Crippen LogP contribution in [0.5, 0.6) is 0 Å². The molecule has 0 fully saturated rings. The van der Waals surface area contributed by atoms with Gasteiger partial charge < -0.3 is 14.2 Å². The SMILES string of the molecule is CCN(Cc1ccc(-c2noc(C(F)(F)F)n2)s1)C(=O)C(C)OC. The van der Waals surface area contributed by atoms with Crippen LogP contribution in [0.2, 0.25) is 0 Å². The summed E-state index contributed by atoms with van der Waals surface area (Å²) in [6.07, 6.45) is -5.23. The molecular weight excluding hydrogens is 347 g/mol. The summed E-state index contributed by atoms with van der Waals surface area (Å²) >= 11 is 1.20. The fourth-order valence-electron chi connectivity index (χ4n) is 1.91. The van der Waals surface area contributed by atoms with Crippen LogP contribution in [0.4, 0.5) is 13.2 Å². The molecule has 2 heterocycles. The molecule has 0 spiro atoms. The highest BCUT2D eigenvalue weighted by molar-refractivity contribution is 7.15. The highest BCUT2D eigenvalue weighted by Gasteiger charge is 2.38. The number of rotatable bonds is 6. The average Bonchev–Trinajstić information content (AvgIpc) is 3.19. The lowest BCUT2D eigenvalue weighted by atomic mass is 10.3. The zero-order valence-electron chi connectivity index (χ0n) is 13.3. The Morgan fingerprint density at radius 1 is 1.46 bits per heavy atom. The molecule has 6 nitrogen and oxygen atoms in total. The predicted molar refractivity (Wildman–Crippen MR) is 80.2 cm³/mol. The normalized spacial score (nSPS) is 13.1. The van der Waals surface area contributed by atoms with Crippen molar-refractivity contribution in [3.63, 3.8) is 0 Å². The molecule has 1 amide bonds. The van der Waals surface area contributed by atoms with Crippen LogP contribution in [0.25, 0.3) is 10.7 Å². The molecule has 1 atom stereocenters. The van der Waals surface area contributed by atoms with Crippen LogP contribution in [0.3, 0.4) is 0 Å². The summed E-state index contributed by atoms with van der Waals surface area (Å²) in [5.74, 6) is -1.67. The first-order valence-corrected chi connectivity index (χ1v) is 7.89. The molecule has 24 heavy (non-hydrogen) atoms. The van der Waals surface area contributed by atoms with Gasteiger partial charge in [-0.1, -0.05) is 5.16 Å². The van der Waals surface area contributed by atoms with Gasteiger partial charge in [-0.15, -0.1) is 11.3 Å². The quantitative estimate of drug-likeness (QED) is 0.788. The summed E-state index contributed by atoms with van der Waals surface area (Å²) in [6.45, 7) is 4.31. The number of nitrogens with zero attached hydrogens (tertiary/aromatic N) is 3. The maximum Gasteiger partial charge on any atom is 0.471 e. The second kappa shape index (κ2) is 7.31. The van der Waals surface area contributed by atoms with Gasteiger partial charge in [0.2, 0.25) is 5.82 Å². The van der Waals surface area contributed by atoms with E-state index in [4.69, 9.17) is 4.74 Å². The number of carbonyl (C=O) groups is 1. The molecule has 0 saturated carbocycles. The van der Waals surface area contributed by atoms with Gasteiger partial charge in [0.05, 0.1) is 11.4 Å². The highest BCUT2D eigenvalue weighted by Crippen LogP contribution is 2.32. The number of methoxy groups -OCH3 is 1. The van der Waals surface area contributed by atoms with E-state index < -0.39 is 18.2 Å². The Kier molecular flexibility index (Phi) is 5.60. The molecule has 1 unspecified atom stereocenters. The molecule has 0 aliphatic rings. The van der Waals surface area contributed by atoms with E-state index in [9.17, 15) is 18.0 Å². The Morgan fingerprint density at radius 3 is 2.71 bits per heavy atom. The van der Waals surface area contributed by atoms with Crippen LogP contribution in [0.1, 0.15) is 24.6 Å². The molecule has 0 aliphatic carbocycles. The number of alkyl halides is 3. The lowest BCUT2D eigenvalue weighted by Gasteiger charge is -2.23. The van der Waals surface area contributed by atoms with Gasteiger partial charge in [0.25, 0.3) is 5.91 Å². The molecule has 10 heteroatoms. The van der Waals surface area contributed by atoms with E-state index in [1.165, 1.54) is 18.4 Å². The number of likely N-dealkylation sites (N-methyl/N-ethyl adjacent to an activating group) is 1. The van der Waals surface area contributed by atoms with Gasteiger partial charge in [0, 0.05) is 18.5 Å². The maximum absolute atomic E-state index is 12.5. The standard InChI is InChI=1S/C14H16F3N3O3S/c1-4-20(12(21)8(2)22-3)7-9-5-6-10(24-9)11-18-13(23-19-11)14(15,16)17/h5-6,8H,4,7H2,1-3H3. The number of hydrogen-bond acceptors (Lipinski definition) is 6. The van der Waals surface area contributed by atoms with E-state index in [0.29, 0.717) is 18.0 Å². The van der Waals surface area contributed by atoms with Gasteiger partial charge in [-0.25, -0.2) is 0 Å². The number of amides is 1. The van der Waals surface area contributed by atoms with Crippen molar-refractivity contribution in [2.75, 3.05) is 13.7 Å². The first-order chi connectivity index (χ1) is 11.3. The topological polar surface area (TPSA) is 68.5 Å². The van der Waals surface area contributed by atoms with E-state index in [2.05, 4.69) is 14.7 Å². The van der Waals surface area contributed by atoms with Gasteiger partial charge in [-0.3, -0.25) is 4.79 Å². The summed E-state index contributed by atoms with van der Waals surface area (Å²) in [5, 5.41) is 3.35. The minimum atomic E-state index is -4.67. The highest BCUT2D eigenvalue weighted by atomic mass is 32.1. The van der Waals surface area contributed by atoms with E-state index in [0.717, 1.165) is 4.88 Å². The fourth-order valence-corrected chi connectivity index (χ4v) is 2.86. The summed E-state index contributed by atoms with van der Waals surface area (Å²) in [7, 11) is 1.45. The molecule has 0 aliphatic heterocycles. The summed E-state index contributed by atoms with van der Waals surface area (Å²) < 4.78 is 46.7. The minimum Gasteiger partial charge on any atom is -0.372 e. The molecule has 132 valence electrons. The summed E-state index contributed by atoms with van der Waals surface area (Å²) in [5.41, 5.74) is 0. The fraction of sp³-hybridized carbons (Fsp3) is 0.500. The van der Waals surface area contributed by atoms with Crippen LogP contribution in [0, 0.1) is 0 Å². The molecule has 0 aromatic carbocycles. The molecule has 2 aromatic rings. The average molecular weight is 363 g/mol. The largest absolute Gasteiger partial charge is 0.471 e. The molecule has 0 N–H and O–H groups in total. The van der Waals surface area contributed by atoms with Gasteiger partial charge >= 0.3 is 12.1 Å². The number of thiophene rings is 1. The van der Waals surface area contributed by atoms with Gasteiger partial charge in [-0.2, -0.15) is 18.2 Å². The third-order valence-corrected chi connectivity index (χ3v) is 4.36. The molecular formula is C14H16F3N3O3S. The molecule has 2 rings (SSSR count). The third-order valence-electron chi connectivity index (χ3n) is 3.29. The predicted octanol–water partition coefficient (Wildman–Crippen LogP) is 3.20. The Labute approximate surface area is 140 Å². The van der Waals surface area contributed by atoms with Gasteiger partial charge in [-0.05, 0) is 26.0 Å². The Bertz CT molecular complexity index is 699. The second-order valence-electron chi connectivity index (χ2n) is 4.92. The monoisotopic (exact) mass is 363 g/mol. The van der Waals surface area contributed by atoms with E-state index >= 15 is 0 Å². The Hall–Kier alpha value is -1.94. The number of carbonyl (C=O) groups excluding carboxylic acids is 1. The number of halogens is 3. The Morgan fingerprint density at radius 2 is 2.17 bits per heavy atom. The van der Waals surface area contributed by atoms with Crippen LogP contribution in [-0.4, -0.2) is 40.7 Å². The van der Waals surface area contributed by atoms with Crippen molar-refractivity contribution in [1.82, 2.24) is 15.0 Å². The first kappa shape index (κ1) is 18.4. The van der Waals surface area contributed by atoms with Crippen molar-refractivity contribution in [1.29, 1.82) is 0 Å². The molecule has 0 bridgehead atoms. The molecule has 0 saturated heterocycles. The Balaban J connectivity index is 2.13. The van der Waals surface area contributed by atoms with Crippen molar-refractivity contribution in [2.24, 2.45) is 0 Å². The maximum atomic E-state index is 12.5. The van der Waals surface area contributed by atoms with Gasteiger partial charge in [0.15, 0.2) is 0 Å². The van der Waals surface area contributed by atoms with Crippen molar-refractivity contribution < 1.29 is 27.2 Å². The summed E-state index contributed by atoms with van der Waals surface area (Å²) in [6, 6.07) is 3.32. The van der Waals surface area contributed by atoms with E-state index in [1.807, 2.05) is 6.92 Å². The minimum absolute atomic E-state index is 0.127. The van der Waals surface area contributed by atoms with Crippen molar-refractivity contribution in [3.05, 3.63) is 22.9 Å².